The van der Waals surface area contributed by atoms with E-state index >= 15 is 0 Å². The van der Waals surface area contributed by atoms with Gasteiger partial charge in [0, 0.05) is 9.13 Å². The van der Waals surface area contributed by atoms with E-state index in [1.807, 2.05) is 0 Å². The predicted octanol–water partition coefficient (Wildman–Crippen LogP) is 7.32. The molecule has 0 atom stereocenters. The highest BCUT2D eigenvalue weighted by Crippen LogP contribution is 2.42. The van der Waals surface area contributed by atoms with E-state index in [0.717, 1.165) is 0 Å². The average molecular weight is 562 g/mol. The van der Waals surface area contributed by atoms with Crippen molar-refractivity contribution in [2.45, 2.75) is 31.7 Å². The van der Waals surface area contributed by atoms with Crippen molar-refractivity contribution in [1.29, 1.82) is 0 Å². The monoisotopic (exact) mass is 562 g/mol. The summed E-state index contributed by atoms with van der Waals surface area (Å²) in [4.78, 5) is 0. The van der Waals surface area contributed by atoms with Crippen LogP contribution in [0, 0.1) is 3.57 Å². The van der Waals surface area contributed by atoms with Crippen LogP contribution in [0.25, 0.3) is 22.3 Å². The molecule has 0 aromatic heterocycles. The molecule has 3 aromatic carbocycles. The van der Waals surface area contributed by atoms with E-state index in [1.165, 1.54) is 31.4 Å². The van der Waals surface area contributed by atoms with Gasteiger partial charge in [-0.15, -0.1) is 0 Å². The number of halogens is 4. The van der Waals surface area contributed by atoms with Crippen LogP contribution in [0.2, 0.25) is 0 Å². The van der Waals surface area contributed by atoms with Crippen molar-refractivity contribution in [3.63, 3.8) is 0 Å². The third-order valence-electron chi connectivity index (χ3n) is 4.38. The molecular formula is C23H22F3IO3S. The molecule has 0 aliphatic carbocycles. The van der Waals surface area contributed by atoms with Crippen LogP contribution in [0.5, 0.6) is 0 Å². The molecule has 3 aromatic rings. The van der Waals surface area contributed by atoms with Gasteiger partial charge in [0.15, 0.2) is 0 Å². The topological polar surface area (TPSA) is 54.4 Å². The number of hydrogen-bond acceptors (Lipinski definition) is 2. The fourth-order valence-corrected chi connectivity index (χ4v) is 3.75. The Morgan fingerprint density at radius 2 is 1.13 bits per heavy atom. The number of hydrogen-bond donors (Lipinski definition) is 1. The van der Waals surface area contributed by atoms with Gasteiger partial charge in [-0.3, -0.25) is 4.55 Å². The van der Waals surface area contributed by atoms with Crippen molar-refractivity contribution in [2.24, 2.45) is 0 Å². The molecule has 166 valence electrons. The first kappa shape index (κ1) is 25.4. The third-order valence-corrected chi connectivity index (χ3v) is 5.86. The molecule has 1 N–H and O–H groups in total. The Bertz CT molecular complexity index is 1120. The Balaban J connectivity index is 0.000000366. The van der Waals surface area contributed by atoms with Gasteiger partial charge in [0.1, 0.15) is 0 Å². The van der Waals surface area contributed by atoms with Gasteiger partial charge in [-0.1, -0.05) is 87.5 Å². The molecule has 0 spiro atoms. The summed E-state index contributed by atoms with van der Waals surface area (Å²) >= 11 is 2.46. The molecule has 8 heteroatoms. The van der Waals surface area contributed by atoms with Crippen molar-refractivity contribution in [1.82, 2.24) is 0 Å². The van der Waals surface area contributed by atoms with Gasteiger partial charge in [0.25, 0.3) is 0 Å². The molecule has 0 saturated heterocycles. The summed E-state index contributed by atoms with van der Waals surface area (Å²) in [7, 11) is -5.84. The molecule has 3 rings (SSSR count). The fourth-order valence-electron chi connectivity index (χ4n) is 2.99. The molecule has 0 heterocycles. The molecule has 0 aliphatic rings. The molecule has 31 heavy (non-hydrogen) atoms. The van der Waals surface area contributed by atoms with Crippen LogP contribution < -0.4 is 0 Å². The summed E-state index contributed by atoms with van der Waals surface area (Å²) in [5.74, 6) is 0. The van der Waals surface area contributed by atoms with E-state index in [2.05, 4.69) is 116 Å². The van der Waals surface area contributed by atoms with E-state index in [9.17, 15) is 13.2 Å². The molecule has 0 amide bonds. The lowest BCUT2D eigenvalue weighted by Crippen LogP contribution is -2.21. The highest BCUT2D eigenvalue weighted by Gasteiger charge is 2.44. The summed E-state index contributed by atoms with van der Waals surface area (Å²) in [5.41, 5.74) is 1.21. The molecule has 0 bridgehead atoms. The lowest BCUT2D eigenvalue weighted by atomic mass is 9.79. The lowest BCUT2D eigenvalue weighted by molar-refractivity contribution is -0.0510. The van der Waals surface area contributed by atoms with Crippen LogP contribution in [-0.4, -0.2) is 18.5 Å². The number of alkyl halides is 3. The van der Waals surface area contributed by atoms with Crippen molar-refractivity contribution in [3.05, 3.63) is 81.9 Å². The van der Waals surface area contributed by atoms with Gasteiger partial charge in [-0.05, 0) is 56.3 Å². The molecule has 3 nitrogen and oxygen atoms in total. The third kappa shape index (κ3) is 6.54. The van der Waals surface area contributed by atoms with Crippen LogP contribution >= 0.6 is 22.6 Å². The van der Waals surface area contributed by atoms with Crippen LogP contribution in [-0.2, 0) is 15.5 Å². The van der Waals surface area contributed by atoms with Gasteiger partial charge in [-0.2, -0.15) is 21.6 Å². The smallest absolute Gasteiger partial charge is 0.279 e. The van der Waals surface area contributed by atoms with E-state index in [4.69, 9.17) is 13.0 Å². The minimum absolute atomic E-state index is 0.0963. The van der Waals surface area contributed by atoms with Crippen LogP contribution in [0.4, 0.5) is 13.2 Å². The highest BCUT2D eigenvalue weighted by molar-refractivity contribution is 14.1. The van der Waals surface area contributed by atoms with Gasteiger partial charge < -0.3 is 0 Å². The zero-order valence-electron chi connectivity index (χ0n) is 17.1. The second-order valence-corrected chi connectivity index (χ2v) is 10.3. The van der Waals surface area contributed by atoms with Crippen molar-refractivity contribution < 1.29 is 26.1 Å². The Hall–Kier alpha value is -1.91. The molecule has 0 aliphatic heterocycles. The second-order valence-electron chi connectivity index (χ2n) is 7.75. The van der Waals surface area contributed by atoms with Crippen molar-refractivity contribution >= 4 is 32.7 Å². The van der Waals surface area contributed by atoms with E-state index < -0.39 is 15.6 Å². The highest BCUT2D eigenvalue weighted by atomic mass is 127. The zero-order valence-corrected chi connectivity index (χ0v) is 20.1. The van der Waals surface area contributed by atoms with E-state index in [0.29, 0.717) is 0 Å². The summed E-state index contributed by atoms with van der Waals surface area (Å²) in [5, 5.41) is 0. The predicted molar refractivity (Wildman–Crippen MR) is 126 cm³/mol. The molecular weight excluding hydrogens is 540 g/mol. The molecule has 0 unspecified atom stereocenters. The SMILES string of the molecule is CC(C)(C)c1ccc(I)c(-c2ccccc2)c1-c1ccccc1.O=S(=O)(O)C(F)(F)F. The maximum atomic E-state index is 10.7. The van der Waals surface area contributed by atoms with Gasteiger partial charge in [-0.25, -0.2) is 0 Å². The Kier molecular flexibility index (Phi) is 7.94. The fraction of sp³-hybridized carbons (Fsp3) is 0.217. The standard InChI is InChI=1S/C22H21I.CHF3O3S/c1-22(2,3)18-14-15-19(23)21(17-12-8-5-9-13-17)20(18)16-10-6-4-7-11-16;2-1(3,4)8(5,6)7/h4-15H,1-3H3;(H,5,6,7). The first-order valence-corrected chi connectivity index (χ1v) is 11.7. The Morgan fingerprint density at radius 3 is 1.48 bits per heavy atom. The minimum Gasteiger partial charge on any atom is -0.279 e. The average Bonchev–Trinajstić information content (AvgIpc) is 2.67. The maximum absolute atomic E-state index is 10.7. The molecule has 0 radical (unpaired) electrons. The lowest BCUT2D eigenvalue weighted by Gasteiger charge is -2.26. The van der Waals surface area contributed by atoms with E-state index in [1.54, 1.807) is 0 Å². The summed E-state index contributed by atoms with van der Waals surface area (Å²) in [6.45, 7) is 6.86. The molecule has 0 saturated carbocycles. The summed E-state index contributed by atoms with van der Waals surface area (Å²) < 4.78 is 58.8. The van der Waals surface area contributed by atoms with Crippen molar-refractivity contribution in [2.75, 3.05) is 0 Å². The normalized spacial score (nSPS) is 12.1. The van der Waals surface area contributed by atoms with Gasteiger partial charge >= 0.3 is 15.6 Å². The zero-order chi connectivity index (χ0) is 23.4. The largest absolute Gasteiger partial charge is 0.522 e. The first-order chi connectivity index (χ1) is 14.2. The Morgan fingerprint density at radius 1 is 0.742 bits per heavy atom. The number of benzene rings is 3. The first-order valence-electron chi connectivity index (χ1n) is 9.21. The Labute approximate surface area is 194 Å². The van der Waals surface area contributed by atoms with Gasteiger partial charge in [0.05, 0.1) is 0 Å². The quantitative estimate of drug-likeness (QED) is 0.202. The molecule has 0 fully saturated rings. The summed E-state index contributed by atoms with van der Waals surface area (Å²) in [6, 6.07) is 26.0. The summed E-state index contributed by atoms with van der Waals surface area (Å²) in [6.07, 6.45) is 0. The van der Waals surface area contributed by atoms with E-state index in [-0.39, 0.29) is 5.41 Å². The van der Waals surface area contributed by atoms with Crippen molar-refractivity contribution in [3.8, 4) is 22.3 Å². The number of rotatable bonds is 2. The van der Waals surface area contributed by atoms with Crippen LogP contribution in [0.15, 0.2) is 72.8 Å². The van der Waals surface area contributed by atoms with Crippen LogP contribution in [0.1, 0.15) is 26.3 Å². The van der Waals surface area contributed by atoms with Gasteiger partial charge in [0.2, 0.25) is 0 Å². The second kappa shape index (κ2) is 9.70. The minimum atomic E-state index is -5.84. The van der Waals surface area contributed by atoms with Crippen LogP contribution in [0.3, 0.4) is 0 Å². The maximum Gasteiger partial charge on any atom is 0.522 e.